The third-order valence-corrected chi connectivity index (χ3v) is 4.57. The van der Waals surface area contributed by atoms with E-state index in [2.05, 4.69) is 15.4 Å². The molecule has 0 radical (unpaired) electrons. The SMILES string of the molecule is COc1cc(-c2cnn3ccc(NCc4ccncc4)nc23)cc(OC)c1OC. The molecule has 0 aliphatic rings. The highest BCUT2D eigenvalue weighted by atomic mass is 16.5. The van der Waals surface area contributed by atoms with Crippen LogP contribution in [0.15, 0.2) is 55.1 Å². The molecule has 148 valence electrons. The highest BCUT2D eigenvalue weighted by Crippen LogP contribution is 2.41. The van der Waals surface area contributed by atoms with Crippen molar-refractivity contribution in [2.75, 3.05) is 26.6 Å². The maximum atomic E-state index is 5.47. The largest absolute Gasteiger partial charge is 0.493 e. The fraction of sp³-hybridized carbons (Fsp3) is 0.190. The summed E-state index contributed by atoms with van der Waals surface area (Å²) in [6.07, 6.45) is 7.19. The highest BCUT2D eigenvalue weighted by Gasteiger charge is 2.17. The molecule has 29 heavy (non-hydrogen) atoms. The van der Waals surface area contributed by atoms with Crippen molar-refractivity contribution in [1.82, 2.24) is 19.6 Å². The van der Waals surface area contributed by atoms with Gasteiger partial charge in [0.1, 0.15) is 5.82 Å². The lowest BCUT2D eigenvalue weighted by Crippen LogP contribution is -2.03. The number of methoxy groups -OCH3 is 3. The van der Waals surface area contributed by atoms with Crippen molar-refractivity contribution >= 4 is 11.5 Å². The first-order valence-corrected chi connectivity index (χ1v) is 9.01. The van der Waals surface area contributed by atoms with Crippen LogP contribution in [0.5, 0.6) is 17.2 Å². The minimum atomic E-state index is 0.544. The van der Waals surface area contributed by atoms with Gasteiger partial charge in [-0.3, -0.25) is 4.98 Å². The Kier molecular flexibility index (Phi) is 5.15. The minimum absolute atomic E-state index is 0.544. The molecule has 0 unspecified atom stereocenters. The van der Waals surface area contributed by atoms with E-state index in [1.54, 1.807) is 44.4 Å². The second-order valence-electron chi connectivity index (χ2n) is 6.26. The van der Waals surface area contributed by atoms with Crippen LogP contribution in [0.3, 0.4) is 0 Å². The van der Waals surface area contributed by atoms with E-state index in [1.807, 2.05) is 36.5 Å². The quantitative estimate of drug-likeness (QED) is 0.517. The van der Waals surface area contributed by atoms with Gasteiger partial charge in [-0.05, 0) is 41.5 Å². The number of pyridine rings is 1. The monoisotopic (exact) mass is 391 g/mol. The van der Waals surface area contributed by atoms with Crippen LogP contribution >= 0.6 is 0 Å². The number of nitrogens with zero attached hydrogens (tertiary/aromatic N) is 4. The molecule has 4 aromatic rings. The van der Waals surface area contributed by atoms with Crippen LogP contribution in [-0.4, -0.2) is 40.9 Å². The van der Waals surface area contributed by atoms with Crippen molar-refractivity contribution in [3.8, 4) is 28.4 Å². The van der Waals surface area contributed by atoms with Crippen LogP contribution in [0.25, 0.3) is 16.8 Å². The summed E-state index contributed by atoms with van der Waals surface area (Å²) in [4.78, 5) is 8.78. The molecule has 0 atom stereocenters. The van der Waals surface area contributed by atoms with E-state index in [9.17, 15) is 0 Å². The van der Waals surface area contributed by atoms with E-state index in [0.717, 1.165) is 28.2 Å². The molecule has 0 fully saturated rings. The van der Waals surface area contributed by atoms with Gasteiger partial charge in [0.05, 0.1) is 27.5 Å². The third kappa shape index (κ3) is 3.64. The van der Waals surface area contributed by atoms with Gasteiger partial charge in [-0.2, -0.15) is 5.10 Å². The molecule has 3 heterocycles. The van der Waals surface area contributed by atoms with Crippen molar-refractivity contribution in [3.63, 3.8) is 0 Å². The lowest BCUT2D eigenvalue weighted by molar-refractivity contribution is 0.324. The van der Waals surface area contributed by atoms with Gasteiger partial charge in [-0.15, -0.1) is 0 Å². The number of hydrogen-bond acceptors (Lipinski definition) is 7. The molecule has 0 saturated carbocycles. The van der Waals surface area contributed by atoms with Gasteiger partial charge in [0.15, 0.2) is 17.1 Å². The topological polar surface area (TPSA) is 82.8 Å². The Balaban J connectivity index is 1.71. The normalized spacial score (nSPS) is 10.7. The zero-order valence-electron chi connectivity index (χ0n) is 16.4. The molecule has 0 amide bonds. The summed E-state index contributed by atoms with van der Waals surface area (Å²) >= 11 is 0. The van der Waals surface area contributed by atoms with Crippen molar-refractivity contribution in [2.45, 2.75) is 6.54 Å². The molecule has 8 heteroatoms. The summed E-state index contributed by atoms with van der Waals surface area (Å²) in [5.74, 6) is 2.45. The van der Waals surface area contributed by atoms with Crippen molar-refractivity contribution in [3.05, 3.63) is 60.7 Å². The number of aromatic nitrogens is 4. The fourth-order valence-corrected chi connectivity index (χ4v) is 3.10. The summed E-state index contributed by atoms with van der Waals surface area (Å²) in [6.45, 7) is 0.652. The Morgan fingerprint density at radius 2 is 1.69 bits per heavy atom. The molecule has 0 aliphatic heterocycles. The Bertz CT molecular complexity index is 1100. The molecule has 1 N–H and O–H groups in total. The smallest absolute Gasteiger partial charge is 0.203 e. The van der Waals surface area contributed by atoms with E-state index in [1.165, 1.54) is 0 Å². The molecule has 8 nitrogen and oxygen atoms in total. The molecule has 0 bridgehead atoms. The zero-order valence-corrected chi connectivity index (χ0v) is 16.4. The zero-order chi connectivity index (χ0) is 20.2. The molecular formula is C21H21N5O3. The first-order chi connectivity index (χ1) is 14.2. The number of benzene rings is 1. The Hall–Kier alpha value is -3.81. The number of anilines is 1. The second-order valence-corrected chi connectivity index (χ2v) is 6.26. The van der Waals surface area contributed by atoms with Crippen LogP contribution in [0, 0.1) is 0 Å². The van der Waals surface area contributed by atoms with Gasteiger partial charge in [-0.1, -0.05) is 0 Å². The summed E-state index contributed by atoms with van der Waals surface area (Å²) in [6, 6.07) is 9.59. The first-order valence-electron chi connectivity index (χ1n) is 9.01. The standard InChI is InChI=1S/C21H21N5O3/c1-27-17-10-15(11-18(28-2)20(17)29-3)16-13-24-26-9-6-19(25-21(16)26)23-12-14-4-7-22-8-5-14/h4-11,13H,12H2,1-3H3,(H,23,25). The Morgan fingerprint density at radius 1 is 0.966 bits per heavy atom. The summed E-state index contributed by atoms with van der Waals surface area (Å²) in [5.41, 5.74) is 3.57. The number of nitrogens with one attached hydrogen (secondary N) is 1. The van der Waals surface area contributed by atoms with Crippen LogP contribution in [0.4, 0.5) is 5.82 Å². The third-order valence-electron chi connectivity index (χ3n) is 4.57. The number of rotatable bonds is 7. The maximum absolute atomic E-state index is 5.47. The number of hydrogen-bond donors (Lipinski definition) is 1. The Morgan fingerprint density at radius 3 is 2.34 bits per heavy atom. The van der Waals surface area contributed by atoms with Gasteiger partial charge in [0.2, 0.25) is 5.75 Å². The molecule has 0 saturated heterocycles. The Labute approximate surface area is 168 Å². The molecule has 3 aromatic heterocycles. The molecular weight excluding hydrogens is 370 g/mol. The van der Waals surface area contributed by atoms with Crippen LogP contribution in [0.1, 0.15) is 5.56 Å². The van der Waals surface area contributed by atoms with E-state index in [-0.39, 0.29) is 0 Å². The molecule has 4 rings (SSSR count). The van der Waals surface area contributed by atoms with Gasteiger partial charge < -0.3 is 19.5 Å². The lowest BCUT2D eigenvalue weighted by Gasteiger charge is -2.13. The molecule has 0 spiro atoms. The van der Waals surface area contributed by atoms with Crippen molar-refractivity contribution in [2.24, 2.45) is 0 Å². The predicted octanol–water partition coefficient (Wildman–Crippen LogP) is 3.43. The van der Waals surface area contributed by atoms with Crippen molar-refractivity contribution in [1.29, 1.82) is 0 Å². The summed E-state index contributed by atoms with van der Waals surface area (Å²) in [7, 11) is 4.77. The molecule has 1 aromatic carbocycles. The number of fused-ring (bicyclic) bond motifs is 1. The highest BCUT2D eigenvalue weighted by molar-refractivity contribution is 5.80. The number of ether oxygens (including phenoxy) is 3. The van der Waals surface area contributed by atoms with E-state index >= 15 is 0 Å². The van der Waals surface area contributed by atoms with Gasteiger partial charge >= 0.3 is 0 Å². The first kappa shape index (κ1) is 18.5. The van der Waals surface area contributed by atoms with E-state index < -0.39 is 0 Å². The van der Waals surface area contributed by atoms with Crippen LogP contribution in [-0.2, 0) is 6.54 Å². The van der Waals surface area contributed by atoms with Gasteiger partial charge in [-0.25, -0.2) is 9.50 Å². The average Bonchev–Trinajstić information content (AvgIpc) is 3.20. The maximum Gasteiger partial charge on any atom is 0.203 e. The summed E-state index contributed by atoms with van der Waals surface area (Å²) < 4.78 is 18.1. The summed E-state index contributed by atoms with van der Waals surface area (Å²) in [5, 5.41) is 7.75. The average molecular weight is 391 g/mol. The van der Waals surface area contributed by atoms with Gasteiger partial charge in [0, 0.05) is 30.7 Å². The van der Waals surface area contributed by atoms with E-state index in [0.29, 0.717) is 23.8 Å². The lowest BCUT2D eigenvalue weighted by atomic mass is 10.1. The van der Waals surface area contributed by atoms with Crippen LogP contribution in [0.2, 0.25) is 0 Å². The van der Waals surface area contributed by atoms with Crippen LogP contribution < -0.4 is 19.5 Å². The minimum Gasteiger partial charge on any atom is -0.493 e. The molecule has 0 aliphatic carbocycles. The van der Waals surface area contributed by atoms with E-state index in [4.69, 9.17) is 19.2 Å². The fourth-order valence-electron chi connectivity index (χ4n) is 3.10. The predicted molar refractivity (Wildman–Crippen MR) is 110 cm³/mol. The second kappa shape index (κ2) is 8.05. The van der Waals surface area contributed by atoms with Gasteiger partial charge in [0.25, 0.3) is 0 Å². The van der Waals surface area contributed by atoms with Crippen molar-refractivity contribution < 1.29 is 14.2 Å².